The van der Waals surface area contributed by atoms with Crippen LogP contribution in [0.15, 0.2) is 0 Å². The summed E-state index contributed by atoms with van der Waals surface area (Å²) in [7, 11) is -7.31. The molecule has 0 radical (unpaired) electrons. The van der Waals surface area contributed by atoms with Crippen molar-refractivity contribution in [1.82, 2.24) is 0 Å². The Labute approximate surface area is 97.5 Å². The van der Waals surface area contributed by atoms with E-state index in [0.717, 1.165) is 0 Å². The number of alkyl halides is 10. The average molecular weight is 332 g/mol. The van der Waals surface area contributed by atoms with Crippen molar-refractivity contribution in [2.24, 2.45) is 0 Å². The highest BCUT2D eigenvalue weighted by Crippen LogP contribution is 2.51. The molecule has 0 heterocycles. The van der Waals surface area contributed by atoms with Gasteiger partial charge in [0, 0.05) is 0 Å². The van der Waals surface area contributed by atoms with Crippen LogP contribution in [0.3, 0.4) is 0 Å². The van der Waals surface area contributed by atoms with Gasteiger partial charge in [-0.3, -0.25) is 4.55 Å². The van der Waals surface area contributed by atoms with Crippen LogP contribution in [0.25, 0.3) is 0 Å². The Balaban J connectivity index is 6.13. The molecule has 0 amide bonds. The molecule has 116 valence electrons. The molecule has 2 unspecified atom stereocenters. The predicted octanol–water partition coefficient (Wildman–Crippen LogP) is 2.64. The van der Waals surface area contributed by atoms with E-state index < -0.39 is 39.6 Å². The van der Waals surface area contributed by atoms with Gasteiger partial charge in [0.2, 0.25) is 6.17 Å². The van der Waals surface area contributed by atoms with Crippen LogP contribution >= 0.6 is 0 Å². The first-order valence-electron chi connectivity index (χ1n) is 3.72. The van der Waals surface area contributed by atoms with E-state index in [1.807, 2.05) is 0 Å². The highest BCUT2D eigenvalue weighted by atomic mass is 32.2. The van der Waals surface area contributed by atoms with Crippen molar-refractivity contribution < 1.29 is 56.9 Å². The van der Waals surface area contributed by atoms with Crippen molar-refractivity contribution >= 4 is 10.1 Å². The van der Waals surface area contributed by atoms with E-state index in [4.69, 9.17) is 4.55 Å². The first-order chi connectivity index (χ1) is 7.90. The number of hydrogen-bond donors (Lipinski definition) is 1. The standard InChI is InChI=1S/C5H2F10O3S/c6-1(2(7,8)4(10,11)12)3(9,5(13,14)15)19(16,17)18/h1H,(H,16,17,18). The third-order valence-corrected chi connectivity index (χ3v) is 2.97. The van der Waals surface area contributed by atoms with Crippen molar-refractivity contribution in [2.45, 2.75) is 29.4 Å². The van der Waals surface area contributed by atoms with Crippen LogP contribution in [-0.4, -0.2) is 42.4 Å². The zero-order chi connectivity index (χ0) is 16.1. The minimum atomic E-state index is -7.31. The quantitative estimate of drug-likeness (QED) is 0.639. The minimum absolute atomic E-state index is 5.95. The second kappa shape index (κ2) is 4.36. The number of rotatable bonds is 3. The van der Waals surface area contributed by atoms with E-state index >= 15 is 0 Å². The second-order valence-electron chi connectivity index (χ2n) is 3.10. The fourth-order valence-electron chi connectivity index (χ4n) is 0.798. The molecule has 0 aliphatic rings. The van der Waals surface area contributed by atoms with Crippen molar-refractivity contribution in [3.63, 3.8) is 0 Å². The Morgan fingerprint density at radius 3 is 1.26 bits per heavy atom. The van der Waals surface area contributed by atoms with E-state index in [1.54, 1.807) is 0 Å². The fourth-order valence-corrected chi connectivity index (χ4v) is 1.50. The summed E-state index contributed by atoms with van der Waals surface area (Å²) < 4.78 is 148. The van der Waals surface area contributed by atoms with Crippen LogP contribution in [0, 0.1) is 0 Å². The first kappa shape index (κ1) is 18.2. The van der Waals surface area contributed by atoms with Crippen LogP contribution in [0.5, 0.6) is 0 Å². The third-order valence-electron chi connectivity index (χ3n) is 1.78. The first-order valence-corrected chi connectivity index (χ1v) is 5.16. The van der Waals surface area contributed by atoms with Gasteiger partial charge < -0.3 is 0 Å². The molecular formula is C5H2F10O3S. The molecule has 19 heavy (non-hydrogen) atoms. The van der Waals surface area contributed by atoms with Gasteiger partial charge in [0.15, 0.2) is 0 Å². The summed E-state index contributed by atoms with van der Waals surface area (Å²) >= 11 is 0. The molecule has 0 fully saturated rings. The summed E-state index contributed by atoms with van der Waals surface area (Å²) in [5.74, 6) is -7.01. The van der Waals surface area contributed by atoms with Gasteiger partial charge in [0.25, 0.3) is 0 Å². The number of halogens is 10. The summed E-state index contributed by atoms with van der Waals surface area (Å²) in [6.07, 6.45) is -20.0. The summed E-state index contributed by atoms with van der Waals surface area (Å²) in [5.41, 5.74) is 0. The summed E-state index contributed by atoms with van der Waals surface area (Å²) in [6, 6.07) is 0. The minimum Gasteiger partial charge on any atom is -0.283 e. The summed E-state index contributed by atoms with van der Waals surface area (Å²) in [4.78, 5) is 0. The Kier molecular flexibility index (Phi) is 4.18. The normalized spacial score (nSPS) is 19.9. The molecule has 0 spiro atoms. The van der Waals surface area contributed by atoms with Crippen LogP contribution in [-0.2, 0) is 10.1 Å². The zero-order valence-electron chi connectivity index (χ0n) is 8.03. The van der Waals surface area contributed by atoms with Crippen LogP contribution in [0.2, 0.25) is 0 Å². The largest absolute Gasteiger partial charge is 0.456 e. The molecule has 0 aliphatic carbocycles. The second-order valence-corrected chi connectivity index (χ2v) is 4.65. The molecular weight excluding hydrogens is 330 g/mol. The molecule has 0 bridgehead atoms. The molecule has 0 saturated carbocycles. The molecule has 14 heteroatoms. The predicted molar refractivity (Wildman–Crippen MR) is 37.3 cm³/mol. The average Bonchev–Trinajstić information content (AvgIpc) is 2.09. The van der Waals surface area contributed by atoms with Gasteiger partial charge in [0.05, 0.1) is 0 Å². The lowest BCUT2D eigenvalue weighted by atomic mass is 10.1. The lowest BCUT2D eigenvalue weighted by Crippen LogP contribution is -2.63. The van der Waals surface area contributed by atoms with E-state index in [9.17, 15) is 52.3 Å². The van der Waals surface area contributed by atoms with Gasteiger partial charge in [-0.1, -0.05) is 0 Å². The smallest absolute Gasteiger partial charge is 0.283 e. The maximum atomic E-state index is 12.9. The van der Waals surface area contributed by atoms with Gasteiger partial charge in [-0.2, -0.15) is 43.5 Å². The lowest BCUT2D eigenvalue weighted by Gasteiger charge is -2.32. The maximum Gasteiger partial charge on any atom is 0.456 e. The fraction of sp³-hybridized carbons (Fsp3) is 1.00. The van der Waals surface area contributed by atoms with Gasteiger partial charge in [0.1, 0.15) is 0 Å². The summed E-state index contributed by atoms with van der Waals surface area (Å²) in [5, 5.41) is -6.83. The van der Waals surface area contributed by atoms with E-state index in [2.05, 4.69) is 0 Å². The Hall–Kier alpha value is -0.790. The van der Waals surface area contributed by atoms with E-state index in [0.29, 0.717) is 0 Å². The van der Waals surface area contributed by atoms with Crippen LogP contribution in [0.1, 0.15) is 0 Å². The van der Waals surface area contributed by atoms with Crippen molar-refractivity contribution in [2.75, 3.05) is 0 Å². The molecule has 3 nitrogen and oxygen atoms in total. The SMILES string of the molecule is O=S(=O)(O)C(F)(C(F)C(F)(F)C(F)(F)F)C(F)(F)F. The topological polar surface area (TPSA) is 54.4 Å². The van der Waals surface area contributed by atoms with Gasteiger partial charge >= 0.3 is 33.4 Å². The van der Waals surface area contributed by atoms with E-state index in [1.165, 1.54) is 0 Å². The van der Waals surface area contributed by atoms with E-state index in [-0.39, 0.29) is 0 Å². The molecule has 0 saturated heterocycles. The van der Waals surface area contributed by atoms with Gasteiger partial charge in [-0.05, 0) is 0 Å². The highest BCUT2D eigenvalue weighted by Gasteiger charge is 2.81. The molecule has 0 aromatic heterocycles. The Morgan fingerprint density at radius 2 is 1.11 bits per heavy atom. The number of hydrogen-bond acceptors (Lipinski definition) is 2. The van der Waals surface area contributed by atoms with Crippen molar-refractivity contribution in [3.05, 3.63) is 0 Å². The monoisotopic (exact) mass is 332 g/mol. The van der Waals surface area contributed by atoms with Crippen molar-refractivity contribution in [3.8, 4) is 0 Å². The van der Waals surface area contributed by atoms with Crippen LogP contribution in [0.4, 0.5) is 43.9 Å². The Morgan fingerprint density at radius 1 is 0.789 bits per heavy atom. The molecule has 0 aliphatic heterocycles. The molecule has 0 rings (SSSR count). The Bertz CT molecular complexity index is 435. The van der Waals surface area contributed by atoms with Gasteiger partial charge in [-0.25, -0.2) is 8.78 Å². The highest BCUT2D eigenvalue weighted by molar-refractivity contribution is 7.87. The molecule has 2 atom stereocenters. The maximum absolute atomic E-state index is 12.9. The van der Waals surface area contributed by atoms with Crippen LogP contribution < -0.4 is 0 Å². The lowest BCUT2D eigenvalue weighted by molar-refractivity contribution is -0.331. The zero-order valence-corrected chi connectivity index (χ0v) is 8.85. The third kappa shape index (κ3) is 2.73. The van der Waals surface area contributed by atoms with Crippen molar-refractivity contribution in [1.29, 1.82) is 0 Å². The summed E-state index contributed by atoms with van der Waals surface area (Å²) in [6.45, 7) is 0. The molecule has 1 N–H and O–H groups in total. The van der Waals surface area contributed by atoms with Gasteiger partial charge in [-0.15, -0.1) is 0 Å². The molecule has 0 aromatic rings. The molecule has 0 aromatic carbocycles.